The topological polar surface area (TPSA) is 83.9 Å². The van der Waals surface area contributed by atoms with Crippen LogP contribution in [0.1, 0.15) is 25.8 Å². The van der Waals surface area contributed by atoms with Gasteiger partial charge in [0.25, 0.3) is 0 Å². The number of carbonyl (C=O) groups is 2. The van der Waals surface area contributed by atoms with Gasteiger partial charge in [0.1, 0.15) is 11.7 Å². The first-order valence-electron chi connectivity index (χ1n) is 15.8. The number of nitrogens with zero attached hydrogens (tertiary/aromatic N) is 4. The van der Waals surface area contributed by atoms with Crippen LogP contribution in [-0.4, -0.2) is 44.8 Å². The van der Waals surface area contributed by atoms with E-state index < -0.39 is 23.5 Å². The molecule has 2 aliphatic rings. The van der Waals surface area contributed by atoms with Crippen molar-refractivity contribution in [3.05, 3.63) is 144 Å². The first-order chi connectivity index (χ1) is 23.4. The number of para-hydroxylation sites is 2. The molecule has 0 bridgehead atoms. The third-order valence-corrected chi connectivity index (χ3v) is 8.67. The van der Waals surface area contributed by atoms with Crippen molar-refractivity contribution in [3.63, 3.8) is 0 Å². The maximum absolute atomic E-state index is 14.6. The summed E-state index contributed by atoms with van der Waals surface area (Å²) < 4.78 is 16.6. The summed E-state index contributed by atoms with van der Waals surface area (Å²) in [6.07, 6.45) is 2.61. The zero-order valence-corrected chi connectivity index (χ0v) is 27.7. The van der Waals surface area contributed by atoms with Gasteiger partial charge in [0.05, 0.1) is 38.3 Å². The largest absolute Gasteiger partial charge is 0.497 e. The fourth-order valence-electron chi connectivity index (χ4n) is 6.71. The number of amidine groups is 1. The van der Waals surface area contributed by atoms with Crippen LogP contribution in [0.5, 0.6) is 5.75 Å². The molecule has 244 valence electrons. The molecule has 1 fully saturated rings. The fraction of sp³-hybridized carbons (Fsp3) is 0.205. The van der Waals surface area contributed by atoms with Gasteiger partial charge in [-0.1, -0.05) is 79.7 Å². The quantitative estimate of drug-likeness (QED) is 0.148. The fourth-order valence-corrected chi connectivity index (χ4v) is 6.71. The van der Waals surface area contributed by atoms with E-state index in [-0.39, 0.29) is 0 Å². The summed E-state index contributed by atoms with van der Waals surface area (Å²) in [4.78, 5) is 32.5. The van der Waals surface area contributed by atoms with Gasteiger partial charge in [0, 0.05) is 22.6 Å². The summed E-state index contributed by atoms with van der Waals surface area (Å²) in [6, 6.07) is 36.8. The normalized spacial score (nSPS) is 20.6. The van der Waals surface area contributed by atoms with E-state index in [0.29, 0.717) is 46.3 Å². The number of ether oxygens (including phenoxy) is 3. The van der Waals surface area contributed by atoms with Gasteiger partial charge < -0.3 is 19.1 Å². The predicted molar refractivity (Wildman–Crippen MR) is 188 cm³/mol. The second kappa shape index (κ2) is 13.5. The van der Waals surface area contributed by atoms with E-state index >= 15 is 0 Å². The number of benzene rings is 4. The van der Waals surface area contributed by atoms with Crippen molar-refractivity contribution in [2.45, 2.75) is 25.9 Å². The molecule has 0 unspecified atom stereocenters. The Kier molecular flexibility index (Phi) is 9.03. The van der Waals surface area contributed by atoms with E-state index in [2.05, 4.69) is 4.90 Å². The Morgan fingerprint density at radius 2 is 1.35 bits per heavy atom. The van der Waals surface area contributed by atoms with Crippen LogP contribution in [0.4, 0.5) is 17.1 Å². The monoisotopic (exact) mass is 642 g/mol. The number of carbonyl (C=O) groups excluding carboxylic acids is 2. The molecule has 0 aliphatic carbocycles. The highest BCUT2D eigenvalue weighted by molar-refractivity contribution is 6.16. The van der Waals surface area contributed by atoms with Gasteiger partial charge in [-0.15, -0.1) is 0 Å². The lowest BCUT2D eigenvalue weighted by Gasteiger charge is -2.45. The first kappa shape index (κ1) is 32.1. The standard InChI is InChI=1S/C39H38N4O5/c1-6-16-33-34(38(45)48-5)39(35(27(2)37(44)47-4)41(33)29-23-25-32(46-3)26-24-29)42(30-19-12-8-13-20-30)36(28-17-10-7-11-18-28)40-43(39)31-21-14-9-15-22-31/h7-26,34H,6H2,1-5H3/b33-16+,35-27+/t34-,39+/m0/s1. The molecular formula is C39H38N4O5. The van der Waals surface area contributed by atoms with Crippen molar-refractivity contribution in [1.82, 2.24) is 0 Å². The summed E-state index contributed by atoms with van der Waals surface area (Å²) >= 11 is 0. The molecule has 1 saturated heterocycles. The van der Waals surface area contributed by atoms with Crippen molar-refractivity contribution < 1.29 is 23.8 Å². The molecule has 9 heteroatoms. The van der Waals surface area contributed by atoms with E-state index in [0.717, 1.165) is 11.3 Å². The SMILES string of the molecule is CC/C=C1\[C@@H](C(=O)OC)[C@]2(/C(=C(/C)C(=O)OC)N1c1ccc(OC)cc1)N(c1ccccc1)N=C(c1ccccc1)N2c1ccccc1. The van der Waals surface area contributed by atoms with E-state index in [4.69, 9.17) is 19.3 Å². The number of rotatable bonds is 8. The van der Waals surface area contributed by atoms with Crippen molar-refractivity contribution >= 4 is 34.8 Å². The third kappa shape index (κ3) is 5.17. The third-order valence-electron chi connectivity index (χ3n) is 8.67. The smallest absolute Gasteiger partial charge is 0.335 e. The van der Waals surface area contributed by atoms with E-state index in [1.807, 2.05) is 138 Å². The van der Waals surface area contributed by atoms with Crippen molar-refractivity contribution in [3.8, 4) is 5.75 Å². The predicted octanol–water partition coefficient (Wildman–Crippen LogP) is 7.13. The van der Waals surface area contributed by atoms with E-state index in [9.17, 15) is 9.59 Å². The van der Waals surface area contributed by atoms with Gasteiger partial charge >= 0.3 is 11.9 Å². The van der Waals surface area contributed by atoms with Crippen LogP contribution in [0.3, 0.4) is 0 Å². The molecule has 0 radical (unpaired) electrons. The Labute approximate surface area is 280 Å². The summed E-state index contributed by atoms with van der Waals surface area (Å²) in [5.41, 5.74) is 2.94. The van der Waals surface area contributed by atoms with Crippen molar-refractivity contribution in [2.24, 2.45) is 11.0 Å². The summed E-state index contributed by atoms with van der Waals surface area (Å²) in [5.74, 6) is -0.793. The van der Waals surface area contributed by atoms with Gasteiger partial charge in [0.2, 0.25) is 5.66 Å². The number of allylic oxidation sites excluding steroid dienone is 1. The molecule has 4 aromatic carbocycles. The van der Waals surface area contributed by atoms with Gasteiger partial charge in [-0.2, -0.15) is 5.10 Å². The highest BCUT2D eigenvalue weighted by atomic mass is 16.5. The van der Waals surface area contributed by atoms with Crippen LogP contribution >= 0.6 is 0 Å². The van der Waals surface area contributed by atoms with Crippen LogP contribution in [0.15, 0.2) is 143 Å². The van der Waals surface area contributed by atoms with Crippen LogP contribution in [0.25, 0.3) is 0 Å². The lowest BCUT2D eigenvalue weighted by Crippen LogP contribution is -2.63. The number of anilines is 3. The summed E-state index contributed by atoms with van der Waals surface area (Å²) in [5, 5.41) is 7.22. The van der Waals surface area contributed by atoms with Crippen LogP contribution < -0.4 is 19.5 Å². The zero-order chi connectivity index (χ0) is 33.8. The van der Waals surface area contributed by atoms with Crippen molar-refractivity contribution in [2.75, 3.05) is 36.1 Å². The van der Waals surface area contributed by atoms with Crippen LogP contribution in [0.2, 0.25) is 0 Å². The van der Waals surface area contributed by atoms with Crippen LogP contribution in [-0.2, 0) is 19.1 Å². The number of hydrogen-bond acceptors (Lipinski definition) is 9. The average Bonchev–Trinajstić information content (AvgIpc) is 3.64. The highest BCUT2D eigenvalue weighted by Crippen LogP contribution is 2.58. The minimum Gasteiger partial charge on any atom is -0.497 e. The molecule has 2 aliphatic heterocycles. The van der Waals surface area contributed by atoms with E-state index in [1.54, 1.807) is 14.0 Å². The molecule has 9 nitrogen and oxygen atoms in total. The van der Waals surface area contributed by atoms with Gasteiger partial charge in [-0.3, -0.25) is 9.69 Å². The second-order valence-corrected chi connectivity index (χ2v) is 11.3. The minimum atomic E-state index is -1.50. The Balaban J connectivity index is 1.83. The molecular weight excluding hydrogens is 604 g/mol. The van der Waals surface area contributed by atoms with Crippen molar-refractivity contribution in [1.29, 1.82) is 0 Å². The average molecular weight is 643 g/mol. The van der Waals surface area contributed by atoms with Gasteiger partial charge in [-0.25, -0.2) is 9.80 Å². The van der Waals surface area contributed by atoms with Crippen LogP contribution in [0, 0.1) is 5.92 Å². The van der Waals surface area contributed by atoms with Gasteiger partial charge in [0.15, 0.2) is 5.84 Å². The van der Waals surface area contributed by atoms with Gasteiger partial charge in [-0.05, 0) is 61.9 Å². The summed E-state index contributed by atoms with van der Waals surface area (Å²) in [7, 11) is 4.36. The molecule has 1 spiro atoms. The molecule has 0 saturated carbocycles. The molecule has 4 aromatic rings. The Morgan fingerprint density at radius 1 is 0.771 bits per heavy atom. The number of methoxy groups -OCH3 is 3. The minimum absolute atomic E-state index is 0.299. The lowest BCUT2D eigenvalue weighted by molar-refractivity contribution is -0.145. The number of hydrazone groups is 1. The number of hydrogen-bond donors (Lipinski definition) is 0. The molecule has 0 amide bonds. The van der Waals surface area contributed by atoms with E-state index in [1.165, 1.54) is 14.2 Å². The maximum atomic E-state index is 14.6. The second-order valence-electron chi connectivity index (χ2n) is 11.3. The first-order valence-corrected chi connectivity index (χ1v) is 15.8. The summed E-state index contributed by atoms with van der Waals surface area (Å²) in [6.45, 7) is 3.75. The molecule has 0 N–H and O–H groups in total. The Morgan fingerprint density at radius 3 is 1.90 bits per heavy atom. The molecule has 2 heterocycles. The molecule has 0 aromatic heterocycles. The number of esters is 2. The Bertz CT molecular complexity index is 1870. The molecule has 2 atom stereocenters. The maximum Gasteiger partial charge on any atom is 0.335 e. The Hall–Kier alpha value is -5.83. The lowest BCUT2D eigenvalue weighted by atomic mass is 9.85. The molecule has 6 rings (SSSR count). The zero-order valence-electron chi connectivity index (χ0n) is 27.7. The highest BCUT2D eigenvalue weighted by Gasteiger charge is 2.69. The molecule has 48 heavy (non-hydrogen) atoms.